The Hall–Kier alpha value is -1.90. The Kier molecular flexibility index (Phi) is 6.97. The molecule has 0 saturated carbocycles. The fourth-order valence-electron chi connectivity index (χ4n) is 3.26. The number of benzene rings is 1. The van der Waals surface area contributed by atoms with Crippen LogP contribution in [0.4, 0.5) is 4.39 Å². The lowest BCUT2D eigenvalue weighted by Crippen LogP contribution is -2.43. The SMILES string of the molecule is CCCCOc1c2n(c(CO)c(Br)c1=O)CCN(Cc1ccc(F)c(Cl)c1)C2=O. The third-order valence-corrected chi connectivity index (χ3v) is 5.91. The standard InChI is InChI=1S/C20H21BrClFN2O4/c1-2-3-8-29-19-17-20(28)24(10-12-4-5-14(23)13(22)9-12)6-7-25(17)15(11-26)16(21)18(19)27/h4-5,9,26H,2-3,6-8,10-11H2,1H3. The smallest absolute Gasteiger partial charge is 0.274 e. The van der Waals surface area contributed by atoms with Gasteiger partial charge in [-0.25, -0.2) is 4.39 Å². The molecule has 0 unspecified atom stereocenters. The van der Waals surface area contributed by atoms with Crippen LogP contribution in [-0.4, -0.2) is 33.6 Å². The number of unbranched alkanes of at least 4 members (excludes halogenated alkanes) is 1. The van der Waals surface area contributed by atoms with E-state index in [2.05, 4.69) is 15.9 Å². The lowest BCUT2D eigenvalue weighted by atomic mass is 10.1. The maximum atomic E-state index is 13.4. The minimum absolute atomic E-state index is 0.0151. The number of hydrogen-bond acceptors (Lipinski definition) is 4. The van der Waals surface area contributed by atoms with Crippen LogP contribution in [0.25, 0.3) is 0 Å². The third kappa shape index (κ3) is 4.34. The number of aliphatic hydroxyl groups excluding tert-OH is 1. The predicted molar refractivity (Wildman–Crippen MR) is 111 cm³/mol. The van der Waals surface area contributed by atoms with E-state index < -0.39 is 11.2 Å². The lowest BCUT2D eigenvalue weighted by Gasteiger charge is -2.32. The van der Waals surface area contributed by atoms with Crippen LogP contribution in [-0.2, 0) is 19.7 Å². The molecule has 1 amide bonds. The van der Waals surface area contributed by atoms with E-state index >= 15 is 0 Å². The molecule has 29 heavy (non-hydrogen) atoms. The Labute approximate surface area is 181 Å². The second kappa shape index (κ2) is 9.28. The first-order valence-corrected chi connectivity index (χ1v) is 10.5. The van der Waals surface area contributed by atoms with Gasteiger partial charge in [-0.15, -0.1) is 0 Å². The number of carbonyl (C=O) groups is 1. The van der Waals surface area contributed by atoms with Gasteiger partial charge in [-0.2, -0.15) is 0 Å². The number of nitrogens with zero attached hydrogens (tertiary/aromatic N) is 2. The Bertz CT molecular complexity index is 995. The van der Waals surface area contributed by atoms with E-state index in [1.807, 2.05) is 6.92 Å². The van der Waals surface area contributed by atoms with E-state index in [9.17, 15) is 19.1 Å². The highest BCUT2D eigenvalue weighted by atomic mass is 79.9. The zero-order chi connectivity index (χ0) is 21.1. The molecule has 0 fully saturated rings. The van der Waals surface area contributed by atoms with E-state index in [0.29, 0.717) is 31.0 Å². The van der Waals surface area contributed by atoms with Crippen molar-refractivity contribution in [2.45, 2.75) is 39.5 Å². The first-order valence-electron chi connectivity index (χ1n) is 9.31. The quantitative estimate of drug-likeness (QED) is 0.604. The van der Waals surface area contributed by atoms with Gasteiger partial charge >= 0.3 is 0 Å². The molecule has 1 aromatic heterocycles. The van der Waals surface area contributed by atoms with Crippen molar-refractivity contribution in [3.8, 4) is 5.75 Å². The van der Waals surface area contributed by atoms with Gasteiger partial charge in [0.2, 0.25) is 5.43 Å². The molecule has 0 radical (unpaired) electrons. The molecule has 1 N–H and O–H groups in total. The third-order valence-electron chi connectivity index (χ3n) is 4.80. The summed E-state index contributed by atoms with van der Waals surface area (Å²) in [7, 11) is 0. The number of aromatic nitrogens is 1. The van der Waals surface area contributed by atoms with Gasteiger partial charge in [-0.05, 0) is 40.0 Å². The van der Waals surface area contributed by atoms with Crippen LogP contribution in [0.2, 0.25) is 5.02 Å². The monoisotopic (exact) mass is 486 g/mol. The number of fused-ring (bicyclic) bond motifs is 1. The molecule has 0 aliphatic carbocycles. The molecule has 3 rings (SSSR count). The van der Waals surface area contributed by atoms with Crippen molar-refractivity contribution in [1.29, 1.82) is 0 Å². The molecule has 9 heteroatoms. The molecule has 2 aromatic rings. The zero-order valence-corrected chi connectivity index (χ0v) is 18.2. The molecule has 156 valence electrons. The zero-order valence-electron chi connectivity index (χ0n) is 15.9. The van der Waals surface area contributed by atoms with Crippen LogP contribution >= 0.6 is 27.5 Å². The number of hydrogen-bond donors (Lipinski definition) is 1. The first kappa shape index (κ1) is 21.8. The molecule has 6 nitrogen and oxygen atoms in total. The van der Waals surface area contributed by atoms with Crippen molar-refractivity contribution >= 4 is 33.4 Å². The molecule has 2 heterocycles. The highest BCUT2D eigenvalue weighted by Crippen LogP contribution is 2.28. The van der Waals surface area contributed by atoms with Crippen molar-refractivity contribution in [2.75, 3.05) is 13.2 Å². The van der Waals surface area contributed by atoms with Gasteiger partial charge in [-0.3, -0.25) is 9.59 Å². The van der Waals surface area contributed by atoms with Gasteiger partial charge in [0, 0.05) is 19.6 Å². The normalized spacial score (nSPS) is 13.6. The lowest BCUT2D eigenvalue weighted by molar-refractivity contribution is 0.0675. The molecule has 0 atom stereocenters. The number of rotatable bonds is 7. The Morgan fingerprint density at radius 1 is 1.31 bits per heavy atom. The summed E-state index contributed by atoms with van der Waals surface area (Å²) in [4.78, 5) is 27.6. The van der Waals surface area contributed by atoms with Crippen LogP contribution in [0, 0.1) is 5.82 Å². The average Bonchev–Trinajstić information content (AvgIpc) is 2.70. The maximum absolute atomic E-state index is 13.4. The van der Waals surface area contributed by atoms with Gasteiger partial charge < -0.3 is 19.3 Å². The van der Waals surface area contributed by atoms with Gasteiger partial charge in [0.15, 0.2) is 11.4 Å². The van der Waals surface area contributed by atoms with Crippen LogP contribution in [0.5, 0.6) is 5.75 Å². The summed E-state index contributed by atoms with van der Waals surface area (Å²) in [5.41, 5.74) is 0.674. The average molecular weight is 488 g/mol. The van der Waals surface area contributed by atoms with Crippen LogP contribution < -0.4 is 10.2 Å². The number of halogens is 3. The largest absolute Gasteiger partial charge is 0.487 e. The summed E-state index contributed by atoms with van der Waals surface area (Å²) in [5.74, 6) is -0.932. The molecule has 0 spiro atoms. The van der Waals surface area contributed by atoms with Gasteiger partial charge in [-0.1, -0.05) is 31.0 Å². The summed E-state index contributed by atoms with van der Waals surface area (Å²) in [5, 5.41) is 9.73. The second-order valence-electron chi connectivity index (χ2n) is 6.75. The van der Waals surface area contributed by atoms with E-state index in [0.717, 1.165) is 12.8 Å². The fourth-order valence-corrected chi connectivity index (χ4v) is 3.98. The van der Waals surface area contributed by atoms with E-state index in [1.165, 1.54) is 12.1 Å². The molecular formula is C20H21BrClFN2O4. The minimum Gasteiger partial charge on any atom is -0.487 e. The summed E-state index contributed by atoms with van der Waals surface area (Å²) in [6.07, 6.45) is 1.62. The number of carbonyl (C=O) groups excluding carboxylic acids is 1. The molecule has 0 saturated heterocycles. The van der Waals surface area contributed by atoms with Gasteiger partial charge in [0.05, 0.1) is 28.4 Å². The van der Waals surface area contributed by atoms with Crippen LogP contribution in [0.1, 0.15) is 41.5 Å². The van der Waals surface area contributed by atoms with E-state index in [-0.39, 0.29) is 40.0 Å². The maximum Gasteiger partial charge on any atom is 0.274 e. The predicted octanol–water partition coefficient (Wildman–Crippen LogP) is 3.73. The van der Waals surface area contributed by atoms with Crippen molar-refractivity contribution in [3.05, 3.63) is 60.7 Å². The van der Waals surface area contributed by atoms with Crippen molar-refractivity contribution < 1.29 is 19.0 Å². The summed E-state index contributed by atoms with van der Waals surface area (Å²) >= 11 is 9.08. The summed E-state index contributed by atoms with van der Waals surface area (Å²) in [6, 6.07) is 4.30. The topological polar surface area (TPSA) is 71.8 Å². The van der Waals surface area contributed by atoms with E-state index in [4.69, 9.17) is 16.3 Å². The van der Waals surface area contributed by atoms with Crippen LogP contribution in [0.15, 0.2) is 27.5 Å². The minimum atomic E-state index is -0.527. The molecule has 1 aliphatic heterocycles. The fraction of sp³-hybridized carbons (Fsp3) is 0.400. The Balaban J connectivity index is 2.00. The number of aliphatic hydroxyl groups is 1. The number of ether oxygens (including phenoxy) is 1. The van der Waals surface area contributed by atoms with Gasteiger partial charge in [0.25, 0.3) is 5.91 Å². The summed E-state index contributed by atoms with van der Waals surface area (Å²) < 4.78 is 20.9. The number of amides is 1. The molecule has 1 aliphatic rings. The van der Waals surface area contributed by atoms with Crippen LogP contribution in [0.3, 0.4) is 0 Å². The first-order chi connectivity index (χ1) is 13.9. The van der Waals surface area contributed by atoms with Gasteiger partial charge in [0.1, 0.15) is 5.82 Å². The van der Waals surface area contributed by atoms with E-state index in [1.54, 1.807) is 15.5 Å². The Morgan fingerprint density at radius 3 is 2.72 bits per heavy atom. The second-order valence-corrected chi connectivity index (χ2v) is 7.95. The van der Waals surface area contributed by atoms with Crippen molar-refractivity contribution in [1.82, 2.24) is 9.47 Å². The van der Waals surface area contributed by atoms with Crippen molar-refractivity contribution in [2.24, 2.45) is 0 Å². The number of pyridine rings is 1. The molecular weight excluding hydrogens is 467 g/mol. The molecule has 1 aromatic carbocycles. The highest BCUT2D eigenvalue weighted by Gasteiger charge is 2.32. The highest BCUT2D eigenvalue weighted by molar-refractivity contribution is 9.10. The summed E-state index contributed by atoms with van der Waals surface area (Å²) in [6.45, 7) is 2.87. The Morgan fingerprint density at radius 2 is 2.07 bits per heavy atom. The van der Waals surface area contributed by atoms with Crippen molar-refractivity contribution in [3.63, 3.8) is 0 Å². The molecule has 0 bridgehead atoms.